The standard InChI is InChI=1S/C17H16N2O4S2/c20-16(18-9-3-6-13(18)14-7-4-10-24-14)11-19-17(21)12-5-1-2-8-15(12)25(19,22)23/h1-2,4-5,7-8,10,13H,3,6,9,11H2. The van der Waals surface area contributed by atoms with Gasteiger partial charge >= 0.3 is 0 Å². The van der Waals surface area contributed by atoms with Crippen LogP contribution in [0.3, 0.4) is 0 Å². The van der Waals surface area contributed by atoms with E-state index in [0.29, 0.717) is 10.8 Å². The summed E-state index contributed by atoms with van der Waals surface area (Å²) in [5, 5.41) is 1.96. The first-order valence-corrected chi connectivity index (χ1v) is 10.3. The minimum Gasteiger partial charge on any atom is -0.333 e. The lowest BCUT2D eigenvalue weighted by Crippen LogP contribution is -2.42. The molecule has 1 unspecified atom stereocenters. The van der Waals surface area contributed by atoms with Crippen LogP contribution < -0.4 is 0 Å². The molecule has 1 aromatic carbocycles. The van der Waals surface area contributed by atoms with Crippen LogP contribution in [0, 0.1) is 0 Å². The van der Waals surface area contributed by atoms with E-state index in [-0.39, 0.29) is 22.4 Å². The third kappa shape index (κ3) is 2.56. The Balaban J connectivity index is 1.59. The van der Waals surface area contributed by atoms with Crippen molar-refractivity contribution in [3.05, 3.63) is 52.2 Å². The van der Waals surface area contributed by atoms with E-state index >= 15 is 0 Å². The number of benzene rings is 1. The molecule has 0 N–H and O–H groups in total. The molecule has 0 aliphatic carbocycles. The highest BCUT2D eigenvalue weighted by atomic mass is 32.2. The van der Waals surface area contributed by atoms with Crippen molar-refractivity contribution in [1.82, 2.24) is 9.21 Å². The number of amides is 2. The summed E-state index contributed by atoms with van der Waals surface area (Å²) in [6.07, 6.45) is 1.72. The molecule has 8 heteroatoms. The molecule has 1 aromatic heterocycles. The van der Waals surface area contributed by atoms with Crippen molar-refractivity contribution in [2.75, 3.05) is 13.1 Å². The van der Waals surface area contributed by atoms with Crippen LogP contribution in [0.2, 0.25) is 0 Å². The molecule has 2 aliphatic heterocycles. The zero-order valence-corrected chi connectivity index (χ0v) is 14.9. The Morgan fingerprint density at radius 1 is 1.20 bits per heavy atom. The molecule has 0 radical (unpaired) electrons. The zero-order valence-electron chi connectivity index (χ0n) is 13.3. The maximum Gasteiger partial charge on any atom is 0.269 e. The van der Waals surface area contributed by atoms with Crippen molar-refractivity contribution in [3.8, 4) is 0 Å². The maximum atomic E-state index is 12.8. The number of carbonyl (C=O) groups is 2. The Morgan fingerprint density at radius 3 is 2.72 bits per heavy atom. The topological polar surface area (TPSA) is 74.8 Å². The summed E-state index contributed by atoms with van der Waals surface area (Å²) in [7, 11) is -3.95. The van der Waals surface area contributed by atoms with Gasteiger partial charge in [-0.05, 0) is 36.4 Å². The summed E-state index contributed by atoms with van der Waals surface area (Å²) < 4.78 is 25.9. The molecule has 0 bridgehead atoms. The summed E-state index contributed by atoms with van der Waals surface area (Å²) in [5.74, 6) is -0.962. The number of nitrogens with zero attached hydrogens (tertiary/aromatic N) is 2. The van der Waals surface area contributed by atoms with Crippen molar-refractivity contribution in [2.45, 2.75) is 23.8 Å². The van der Waals surface area contributed by atoms with Gasteiger partial charge in [0.1, 0.15) is 11.4 Å². The highest BCUT2D eigenvalue weighted by Gasteiger charge is 2.43. The highest BCUT2D eigenvalue weighted by molar-refractivity contribution is 7.90. The van der Waals surface area contributed by atoms with E-state index in [4.69, 9.17) is 0 Å². The number of hydrogen-bond acceptors (Lipinski definition) is 5. The molecule has 2 aromatic rings. The van der Waals surface area contributed by atoms with Crippen LogP contribution in [-0.4, -0.2) is 42.5 Å². The van der Waals surface area contributed by atoms with E-state index < -0.39 is 22.5 Å². The van der Waals surface area contributed by atoms with Crippen LogP contribution in [0.5, 0.6) is 0 Å². The summed E-state index contributed by atoms with van der Waals surface area (Å²) in [4.78, 5) is 28.0. The van der Waals surface area contributed by atoms with Crippen molar-refractivity contribution in [1.29, 1.82) is 0 Å². The van der Waals surface area contributed by atoms with E-state index in [1.807, 2.05) is 17.5 Å². The Hall–Kier alpha value is -2.19. The average molecular weight is 376 g/mol. The van der Waals surface area contributed by atoms with E-state index in [1.165, 1.54) is 12.1 Å². The molecule has 0 saturated carbocycles. The van der Waals surface area contributed by atoms with Crippen LogP contribution in [-0.2, 0) is 14.8 Å². The Morgan fingerprint density at radius 2 is 2.00 bits per heavy atom. The van der Waals surface area contributed by atoms with Crippen LogP contribution in [0.1, 0.15) is 34.1 Å². The van der Waals surface area contributed by atoms with E-state index in [2.05, 4.69) is 0 Å². The van der Waals surface area contributed by atoms with E-state index in [0.717, 1.165) is 17.7 Å². The van der Waals surface area contributed by atoms with Crippen LogP contribution in [0.25, 0.3) is 0 Å². The molecule has 2 amide bonds. The van der Waals surface area contributed by atoms with Gasteiger partial charge in [-0.15, -0.1) is 11.3 Å². The molecule has 25 heavy (non-hydrogen) atoms. The number of likely N-dealkylation sites (tertiary alicyclic amines) is 1. The predicted octanol–water partition coefficient (Wildman–Crippen LogP) is 2.26. The second kappa shape index (κ2) is 5.96. The molecule has 3 heterocycles. The molecular formula is C17H16N2O4S2. The minimum absolute atomic E-state index is 0.0240. The van der Waals surface area contributed by atoms with Crippen LogP contribution >= 0.6 is 11.3 Å². The Bertz CT molecular complexity index is 937. The number of fused-ring (bicyclic) bond motifs is 1. The second-order valence-corrected chi connectivity index (χ2v) is 8.88. The molecule has 1 atom stereocenters. The quantitative estimate of drug-likeness (QED) is 0.823. The lowest BCUT2D eigenvalue weighted by molar-refractivity contribution is -0.132. The number of hydrogen-bond donors (Lipinski definition) is 0. The molecular weight excluding hydrogens is 360 g/mol. The van der Waals surface area contributed by atoms with Gasteiger partial charge in [-0.25, -0.2) is 12.7 Å². The first-order chi connectivity index (χ1) is 12.0. The monoisotopic (exact) mass is 376 g/mol. The number of sulfonamides is 1. The first-order valence-electron chi connectivity index (χ1n) is 7.99. The van der Waals surface area contributed by atoms with Gasteiger partial charge in [0.05, 0.1) is 11.6 Å². The average Bonchev–Trinajstić information content (AvgIpc) is 3.31. The van der Waals surface area contributed by atoms with Gasteiger partial charge in [-0.3, -0.25) is 9.59 Å². The second-order valence-electron chi connectivity index (χ2n) is 6.07. The Labute approximate surface area is 149 Å². The van der Waals surface area contributed by atoms with Gasteiger partial charge in [0.15, 0.2) is 0 Å². The van der Waals surface area contributed by atoms with Crippen molar-refractivity contribution in [3.63, 3.8) is 0 Å². The molecule has 130 valence electrons. The number of rotatable bonds is 3. The van der Waals surface area contributed by atoms with Gasteiger partial charge in [0.25, 0.3) is 15.9 Å². The number of thiophene rings is 1. The summed E-state index contributed by atoms with van der Waals surface area (Å²) in [5.41, 5.74) is 0.131. The van der Waals surface area contributed by atoms with Crippen molar-refractivity contribution in [2.24, 2.45) is 0 Å². The van der Waals surface area contributed by atoms with Gasteiger partial charge in [-0.2, -0.15) is 0 Å². The predicted molar refractivity (Wildman–Crippen MR) is 92.7 cm³/mol. The smallest absolute Gasteiger partial charge is 0.269 e. The number of carbonyl (C=O) groups excluding carboxylic acids is 2. The molecule has 4 rings (SSSR count). The summed E-state index contributed by atoms with van der Waals surface area (Å²) >= 11 is 1.58. The van der Waals surface area contributed by atoms with Gasteiger partial charge in [0, 0.05) is 11.4 Å². The minimum atomic E-state index is -3.95. The lowest BCUT2D eigenvalue weighted by atomic mass is 10.2. The fourth-order valence-corrected chi connectivity index (χ4v) is 5.83. The third-order valence-electron chi connectivity index (χ3n) is 4.64. The third-order valence-corrected chi connectivity index (χ3v) is 7.40. The van der Waals surface area contributed by atoms with Gasteiger partial charge < -0.3 is 4.90 Å². The van der Waals surface area contributed by atoms with Gasteiger partial charge in [-0.1, -0.05) is 18.2 Å². The summed E-state index contributed by atoms with van der Waals surface area (Å²) in [6.45, 7) is 0.133. The van der Waals surface area contributed by atoms with Crippen LogP contribution in [0.15, 0.2) is 46.7 Å². The normalized spacial score (nSPS) is 21.6. The van der Waals surface area contributed by atoms with Crippen LogP contribution in [0.4, 0.5) is 0 Å². The largest absolute Gasteiger partial charge is 0.333 e. The van der Waals surface area contributed by atoms with Crippen molar-refractivity contribution < 1.29 is 18.0 Å². The highest BCUT2D eigenvalue weighted by Crippen LogP contribution is 2.35. The van der Waals surface area contributed by atoms with E-state index in [9.17, 15) is 18.0 Å². The molecule has 1 saturated heterocycles. The molecule has 2 aliphatic rings. The fourth-order valence-electron chi connectivity index (χ4n) is 3.44. The maximum absolute atomic E-state index is 12.8. The lowest BCUT2D eigenvalue weighted by Gasteiger charge is -2.26. The fraction of sp³-hybridized carbons (Fsp3) is 0.294. The van der Waals surface area contributed by atoms with Gasteiger partial charge in [0.2, 0.25) is 5.91 Å². The molecule has 1 fully saturated rings. The SMILES string of the molecule is O=C(CN1C(=O)c2ccccc2S1(=O)=O)N1CCCC1c1cccs1. The zero-order chi connectivity index (χ0) is 17.6. The van der Waals surface area contributed by atoms with Crippen molar-refractivity contribution >= 4 is 33.2 Å². The Kier molecular flexibility index (Phi) is 3.88. The van der Waals surface area contributed by atoms with E-state index in [1.54, 1.807) is 28.4 Å². The molecule has 0 spiro atoms. The molecule has 6 nitrogen and oxygen atoms in total. The first kappa shape index (κ1) is 16.3. The summed E-state index contributed by atoms with van der Waals surface area (Å²) in [6, 6.07) is 9.95.